The van der Waals surface area contributed by atoms with E-state index < -0.39 is 17.1 Å². The van der Waals surface area contributed by atoms with Gasteiger partial charge in [-0.25, -0.2) is 4.79 Å². The Labute approximate surface area is 118 Å². The van der Waals surface area contributed by atoms with Crippen LogP contribution in [0.1, 0.15) is 32.8 Å². The van der Waals surface area contributed by atoms with Gasteiger partial charge in [-0.1, -0.05) is 18.2 Å². The Hall–Kier alpha value is -2.04. The number of hydrogen-bond donors (Lipinski definition) is 1. The zero-order valence-electron chi connectivity index (χ0n) is 11.9. The Bertz CT molecular complexity index is 540. The van der Waals surface area contributed by atoms with Crippen LogP contribution in [-0.4, -0.2) is 34.5 Å². The quantitative estimate of drug-likeness (QED) is 0.855. The number of fused-ring (bicyclic) bond motifs is 1. The van der Waals surface area contributed by atoms with Crippen LogP contribution in [0.5, 0.6) is 5.75 Å². The number of nitrogens with zero attached hydrogens (tertiary/aromatic N) is 1. The summed E-state index contributed by atoms with van der Waals surface area (Å²) in [4.78, 5) is 24.7. The van der Waals surface area contributed by atoms with Gasteiger partial charge in [-0.2, -0.15) is 0 Å². The van der Waals surface area contributed by atoms with E-state index in [0.29, 0.717) is 24.3 Å². The van der Waals surface area contributed by atoms with E-state index in [-0.39, 0.29) is 6.42 Å². The summed E-state index contributed by atoms with van der Waals surface area (Å²) in [6.45, 7) is 5.75. The van der Waals surface area contributed by atoms with Crippen LogP contribution in [0.15, 0.2) is 24.3 Å². The lowest BCUT2D eigenvalue weighted by Gasteiger charge is -2.47. The number of carboxylic acids is 1. The van der Waals surface area contributed by atoms with Crippen molar-refractivity contribution in [3.63, 3.8) is 0 Å². The van der Waals surface area contributed by atoms with Crippen LogP contribution in [0.4, 0.5) is 0 Å². The molecule has 0 bridgehead atoms. The van der Waals surface area contributed by atoms with E-state index in [1.165, 1.54) is 4.90 Å². The molecule has 20 heavy (non-hydrogen) atoms. The van der Waals surface area contributed by atoms with Gasteiger partial charge in [0, 0.05) is 18.5 Å². The minimum Gasteiger partial charge on any atom is -0.487 e. The number of ether oxygens (including phenoxy) is 1. The van der Waals surface area contributed by atoms with Crippen molar-refractivity contribution >= 4 is 12.4 Å². The Morgan fingerprint density at radius 1 is 1.45 bits per heavy atom. The van der Waals surface area contributed by atoms with Crippen molar-refractivity contribution in [3.05, 3.63) is 29.8 Å². The fourth-order valence-electron chi connectivity index (χ4n) is 2.95. The smallest absolute Gasteiger partial charge is 0.334 e. The molecule has 0 fully saturated rings. The summed E-state index contributed by atoms with van der Waals surface area (Å²) >= 11 is 0. The number of para-hydroxylation sites is 1. The van der Waals surface area contributed by atoms with Crippen LogP contribution in [0, 0.1) is 0 Å². The lowest BCUT2D eigenvalue weighted by molar-refractivity contribution is -0.162. The molecule has 1 unspecified atom stereocenters. The molecule has 0 aliphatic carbocycles. The van der Waals surface area contributed by atoms with E-state index in [0.717, 1.165) is 0 Å². The molecule has 1 heterocycles. The van der Waals surface area contributed by atoms with Gasteiger partial charge in [0.15, 0.2) is 5.54 Å². The number of carbonyl (C=O) groups excluding carboxylic acids is 1. The molecule has 1 aromatic carbocycles. The fourth-order valence-corrected chi connectivity index (χ4v) is 2.95. The van der Waals surface area contributed by atoms with Crippen LogP contribution in [-0.2, 0) is 15.1 Å². The summed E-state index contributed by atoms with van der Waals surface area (Å²) in [5, 5.41) is 9.84. The third-order valence-electron chi connectivity index (χ3n) is 3.71. The number of benzene rings is 1. The van der Waals surface area contributed by atoms with Crippen LogP contribution in [0.3, 0.4) is 0 Å². The second kappa shape index (κ2) is 4.81. The normalized spacial score (nSPS) is 23.4. The van der Waals surface area contributed by atoms with Crippen molar-refractivity contribution in [2.24, 2.45) is 0 Å². The van der Waals surface area contributed by atoms with Crippen molar-refractivity contribution in [2.75, 3.05) is 6.54 Å². The topological polar surface area (TPSA) is 66.8 Å². The van der Waals surface area contributed by atoms with E-state index in [1.807, 2.05) is 13.8 Å². The van der Waals surface area contributed by atoms with Crippen molar-refractivity contribution in [1.29, 1.82) is 0 Å². The molecule has 5 heteroatoms. The predicted octanol–water partition coefficient (Wildman–Crippen LogP) is 2.01. The molecule has 1 aromatic rings. The maximum Gasteiger partial charge on any atom is 0.334 e. The zero-order valence-corrected chi connectivity index (χ0v) is 11.9. The van der Waals surface area contributed by atoms with E-state index in [1.54, 1.807) is 31.2 Å². The molecular formula is C15H19NO4. The van der Waals surface area contributed by atoms with Crippen molar-refractivity contribution in [3.8, 4) is 5.75 Å². The first-order chi connectivity index (χ1) is 9.37. The van der Waals surface area contributed by atoms with Gasteiger partial charge >= 0.3 is 5.97 Å². The number of amides is 1. The van der Waals surface area contributed by atoms with Gasteiger partial charge in [-0.15, -0.1) is 0 Å². The van der Waals surface area contributed by atoms with E-state index in [4.69, 9.17) is 4.74 Å². The molecule has 2 rings (SSSR count). The first-order valence-electron chi connectivity index (χ1n) is 6.61. The number of carbonyl (C=O) groups is 2. The molecule has 5 nitrogen and oxygen atoms in total. The zero-order chi connectivity index (χ0) is 15.0. The van der Waals surface area contributed by atoms with Gasteiger partial charge in [0.25, 0.3) is 0 Å². The summed E-state index contributed by atoms with van der Waals surface area (Å²) in [6.07, 6.45) is 0.811. The van der Waals surface area contributed by atoms with Crippen molar-refractivity contribution in [1.82, 2.24) is 4.90 Å². The Balaban J connectivity index is 2.72. The minimum atomic E-state index is -1.38. The molecular weight excluding hydrogens is 258 g/mol. The molecule has 0 radical (unpaired) electrons. The van der Waals surface area contributed by atoms with Crippen LogP contribution < -0.4 is 4.74 Å². The highest BCUT2D eigenvalue weighted by Gasteiger charge is 2.54. The van der Waals surface area contributed by atoms with Crippen molar-refractivity contribution in [2.45, 2.75) is 38.3 Å². The third kappa shape index (κ3) is 2.03. The molecule has 0 saturated carbocycles. The van der Waals surface area contributed by atoms with Gasteiger partial charge in [-0.3, -0.25) is 4.79 Å². The van der Waals surface area contributed by atoms with Gasteiger partial charge in [-0.05, 0) is 26.8 Å². The van der Waals surface area contributed by atoms with Gasteiger partial charge < -0.3 is 14.7 Å². The average molecular weight is 277 g/mol. The summed E-state index contributed by atoms with van der Waals surface area (Å²) in [7, 11) is 0. The van der Waals surface area contributed by atoms with E-state index >= 15 is 0 Å². The summed E-state index contributed by atoms with van der Waals surface area (Å²) < 4.78 is 5.86. The average Bonchev–Trinajstić information content (AvgIpc) is 2.38. The SMILES string of the molecule is CCN(C=O)C1(C(=O)O)CC(C)(C)Oc2ccccc21. The molecule has 1 atom stereocenters. The molecule has 1 aliphatic heterocycles. The highest BCUT2D eigenvalue weighted by molar-refractivity contribution is 5.85. The number of rotatable bonds is 4. The fraction of sp³-hybridized carbons (Fsp3) is 0.467. The summed E-state index contributed by atoms with van der Waals surface area (Å²) in [5.41, 5.74) is -1.52. The van der Waals surface area contributed by atoms with Crippen molar-refractivity contribution < 1.29 is 19.4 Å². The van der Waals surface area contributed by atoms with Gasteiger partial charge in [0.1, 0.15) is 11.4 Å². The lowest BCUT2D eigenvalue weighted by Crippen LogP contribution is -2.58. The maximum atomic E-state index is 12.0. The molecule has 1 N–H and O–H groups in total. The van der Waals surface area contributed by atoms with Crippen LogP contribution >= 0.6 is 0 Å². The second-order valence-electron chi connectivity index (χ2n) is 5.59. The lowest BCUT2D eigenvalue weighted by atomic mass is 9.76. The third-order valence-corrected chi connectivity index (χ3v) is 3.71. The van der Waals surface area contributed by atoms with Crippen LogP contribution in [0.25, 0.3) is 0 Å². The van der Waals surface area contributed by atoms with Crippen LogP contribution in [0.2, 0.25) is 0 Å². The Morgan fingerprint density at radius 3 is 2.65 bits per heavy atom. The predicted molar refractivity (Wildman–Crippen MR) is 73.5 cm³/mol. The largest absolute Gasteiger partial charge is 0.487 e. The number of carboxylic acid groups (broad SMARTS) is 1. The summed E-state index contributed by atoms with van der Waals surface area (Å²) in [5.74, 6) is -0.512. The second-order valence-corrected chi connectivity index (χ2v) is 5.59. The first-order valence-corrected chi connectivity index (χ1v) is 6.61. The number of aliphatic carboxylic acids is 1. The first kappa shape index (κ1) is 14.4. The highest BCUT2D eigenvalue weighted by atomic mass is 16.5. The Morgan fingerprint density at radius 2 is 2.10 bits per heavy atom. The van der Waals surface area contributed by atoms with E-state index in [9.17, 15) is 14.7 Å². The maximum absolute atomic E-state index is 12.0. The molecule has 108 valence electrons. The standard InChI is InChI=1S/C15H19NO4/c1-4-16(10-17)15(13(18)19)9-14(2,3)20-12-8-6-5-7-11(12)15/h5-8,10H,4,9H2,1-3H3,(H,18,19). The van der Waals surface area contributed by atoms with E-state index in [2.05, 4.69) is 0 Å². The minimum absolute atomic E-state index is 0.207. The molecule has 0 spiro atoms. The summed E-state index contributed by atoms with van der Waals surface area (Å²) in [6, 6.07) is 7.01. The molecule has 1 amide bonds. The molecule has 1 aliphatic rings. The van der Waals surface area contributed by atoms with Gasteiger partial charge in [0.05, 0.1) is 0 Å². The Kier molecular flexibility index (Phi) is 3.46. The number of hydrogen-bond acceptors (Lipinski definition) is 3. The highest BCUT2D eigenvalue weighted by Crippen LogP contribution is 2.46. The molecule has 0 saturated heterocycles. The molecule has 0 aromatic heterocycles. The van der Waals surface area contributed by atoms with Gasteiger partial charge in [0.2, 0.25) is 6.41 Å². The monoisotopic (exact) mass is 277 g/mol. The number of likely N-dealkylation sites (N-methyl/N-ethyl adjacent to an activating group) is 1.